The van der Waals surface area contributed by atoms with Gasteiger partial charge in [0.25, 0.3) is 5.91 Å². The number of benzene rings is 1. The number of carbonyl (C=O) groups is 7. The molecule has 2 heterocycles. The topological polar surface area (TPSA) is 183 Å². The zero-order valence-corrected chi connectivity index (χ0v) is 35.0. The summed E-state index contributed by atoms with van der Waals surface area (Å²) in [5.74, 6) is -2.07. The number of thioether (sulfide) groups is 2. The number of rotatable bonds is 15. The first-order valence-electron chi connectivity index (χ1n) is 19.0. The van der Waals surface area contributed by atoms with Crippen molar-refractivity contribution in [3.05, 3.63) is 35.9 Å². The molecule has 1 spiro atoms. The molecule has 4 unspecified atom stereocenters. The van der Waals surface area contributed by atoms with Crippen molar-refractivity contribution in [3.8, 4) is 0 Å². The van der Waals surface area contributed by atoms with E-state index in [1.165, 1.54) is 9.80 Å². The molecule has 4 rings (SSSR count). The van der Waals surface area contributed by atoms with Crippen LogP contribution in [0.1, 0.15) is 85.3 Å². The predicted molar refractivity (Wildman–Crippen MR) is 213 cm³/mol. The zero-order chi connectivity index (χ0) is 40.7. The van der Waals surface area contributed by atoms with Crippen LogP contribution >= 0.6 is 23.5 Å². The summed E-state index contributed by atoms with van der Waals surface area (Å²) in [5.41, 5.74) is -1.62. The Balaban J connectivity index is 1.52. The van der Waals surface area contributed by atoms with E-state index in [1.54, 1.807) is 74.9 Å². The van der Waals surface area contributed by atoms with Crippen LogP contribution in [-0.2, 0) is 33.5 Å². The summed E-state index contributed by atoms with van der Waals surface area (Å²) in [7, 11) is 3.13. The Morgan fingerprint density at radius 1 is 0.964 bits per heavy atom. The molecule has 304 valence electrons. The summed E-state index contributed by atoms with van der Waals surface area (Å²) >= 11 is 3.42. The van der Waals surface area contributed by atoms with E-state index in [1.807, 2.05) is 34.6 Å². The fourth-order valence-electron chi connectivity index (χ4n) is 6.67. The lowest BCUT2D eigenvalue weighted by Gasteiger charge is -2.39. The quantitative estimate of drug-likeness (QED) is 0.192. The highest BCUT2D eigenvalue weighted by Gasteiger charge is 2.59. The van der Waals surface area contributed by atoms with Gasteiger partial charge in [0.1, 0.15) is 17.6 Å². The van der Waals surface area contributed by atoms with E-state index in [-0.39, 0.29) is 37.3 Å². The molecule has 1 aromatic carbocycles. The smallest absolute Gasteiger partial charge is 0.407 e. The Morgan fingerprint density at radius 2 is 1.60 bits per heavy atom. The lowest BCUT2D eigenvalue weighted by Crippen LogP contribution is -2.63. The van der Waals surface area contributed by atoms with Crippen molar-refractivity contribution in [2.45, 2.75) is 101 Å². The number of hydrogen-bond donors (Lipinski definition) is 4. The van der Waals surface area contributed by atoms with Gasteiger partial charge >= 0.3 is 6.09 Å². The Labute approximate surface area is 333 Å². The minimum Gasteiger partial charge on any atom is -0.449 e. The first kappa shape index (κ1) is 43.9. The maximum absolute atomic E-state index is 14.6. The number of alkyl carbamates (subject to hydrolysis) is 1. The van der Waals surface area contributed by atoms with E-state index >= 15 is 0 Å². The Morgan fingerprint density at radius 3 is 2.16 bits per heavy atom. The van der Waals surface area contributed by atoms with Crippen LogP contribution in [0.5, 0.6) is 0 Å². The lowest BCUT2D eigenvalue weighted by molar-refractivity contribution is -0.148. The molecule has 55 heavy (non-hydrogen) atoms. The zero-order valence-electron chi connectivity index (χ0n) is 33.3. The summed E-state index contributed by atoms with van der Waals surface area (Å²) in [5, 5.41) is 10.6. The number of Topliss-reactive ketones (excluding diaryl/α,β-unsaturated/α-hetero) is 1. The number of carbonyl (C=O) groups excluding carboxylic acids is 7. The molecule has 0 bridgehead atoms. The second kappa shape index (κ2) is 18.4. The molecule has 6 amide bonds. The minimum absolute atomic E-state index is 0.0941. The van der Waals surface area contributed by atoms with Crippen molar-refractivity contribution in [3.63, 3.8) is 0 Å². The summed E-state index contributed by atoms with van der Waals surface area (Å²) in [6.07, 6.45) is 2.48. The highest BCUT2D eigenvalue weighted by atomic mass is 32.2. The molecule has 0 radical (unpaired) electrons. The molecule has 0 aromatic heterocycles. The van der Waals surface area contributed by atoms with Crippen LogP contribution in [0.15, 0.2) is 30.3 Å². The fourth-order valence-corrected chi connectivity index (χ4v) is 10.2. The van der Waals surface area contributed by atoms with Crippen LogP contribution in [0.25, 0.3) is 0 Å². The van der Waals surface area contributed by atoms with Crippen molar-refractivity contribution in [1.82, 2.24) is 31.1 Å². The van der Waals surface area contributed by atoms with Gasteiger partial charge in [0.05, 0.1) is 23.3 Å². The first-order valence-corrected chi connectivity index (χ1v) is 20.9. The number of ether oxygens (including phenoxy) is 1. The molecule has 3 aliphatic rings. The van der Waals surface area contributed by atoms with Crippen molar-refractivity contribution in [2.75, 3.05) is 45.3 Å². The van der Waals surface area contributed by atoms with Crippen molar-refractivity contribution >= 4 is 64.9 Å². The maximum atomic E-state index is 14.6. The van der Waals surface area contributed by atoms with Gasteiger partial charge in [-0.25, -0.2) is 4.79 Å². The third-order valence-corrected chi connectivity index (χ3v) is 13.2. The SMILES string of the molecule is CC(C)COC(=O)NC(C(=O)N1CC2(CC1(C)C(=O)NC(CC1CC1)C(=O)C(=O)NCC(=O)NC(C(=O)N(C)C)c1ccccc1)SCCCS2)C(C)(C)C. The fraction of sp³-hybridized carbons (Fsp3) is 0.667. The first-order chi connectivity index (χ1) is 25.8. The van der Waals surface area contributed by atoms with Crippen LogP contribution < -0.4 is 21.3 Å². The highest BCUT2D eigenvalue weighted by molar-refractivity contribution is 8.18. The van der Waals surface area contributed by atoms with Gasteiger partial charge in [-0.3, -0.25) is 28.8 Å². The third kappa shape index (κ3) is 11.6. The van der Waals surface area contributed by atoms with Gasteiger partial charge in [0.15, 0.2) is 0 Å². The van der Waals surface area contributed by atoms with Crippen molar-refractivity contribution in [1.29, 1.82) is 0 Å². The largest absolute Gasteiger partial charge is 0.449 e. The normalized spacial score (nSPS) is 20.9. The van der Waals surface area contributed by atoms with Gasteiger partial charge in [0, 0.05) is 27.1 Å². The maximum Gasteiger partial charge on any atom is 0.407 e. The molecule has 16 heteroatoms. The molecular formula is C39H58N6O8S2. The molecule has 3 fully saturated rings. The lowest BCUT2D eigenvalue weighted by atomic mass is 9.85. The summed E-state index contributed by atoms with van der Waals surface area (Å²) in [6, 6.07) is 5.45. The van der Waals surface area contributed by atoms with Crippen LogP contribution in [0, 0.1) is 17.3 Å². The Bertz CT molecular complexity index is 1590. The molecule has 14 nitrogen and oxygen atoms in total. The van der Waals surface area contributed by atoms with E-state index < -0.39 is 75.2 Å². The average Bonchev–Trinajstić information content (AvgIpc) is 3.91. The molecule has 1 saturated carbocycles. The standard InChI is InChI=1S/C39H58N6O8S2/c1-24(2)21-53-36(52)43-31(37(3,4)5)34(50)45-23-39(54-17-12-18-55-39)22-38(45,6)35(51)41-27(19-25-15-16-25)30(47)32(48)40-20-28(46)42-29(33(49)44(7)8)26-13-10-9-11-14-26/h9-11,13-14,24-25,27,29,31H,12,15-23H2,1-8H3,(H,40,48)(H,41,51)(H,42,46)(H,43,52). The molecule has 2 aliphatic heterocycles. The van der Waals surface area contributed by atoms with Gasteiger partial charge in [-0.15, -0.1) is 23.5 Å². The number of hydrogen-bond acceptors (Lipinski definition) is 10. The second-order valence-electron chi connectivity index (χ2n) is 16.7. The number of likely N-dealkylation sites (N-methyl/N-ethyl adjacent to an activating group) is 1. The Hall–Kier alpha value is -3.79. The van der Waals surface area contributed by atoms with Crippen molar-refractivity contribution < 1.29 is 38.3 Å². The summed E-state index contributed by atoms with van der Waals surface area (Å²) < 4.78 is 4.88. The minimum atomic E-state index is -1.43. The number of nitrogens with one attached hydrogen (secondary N) is 4. The number of amides is 6. The van der Waals surface area contributed by atoms with Crippen molar-refractivity contribution in [2.24, 2.45) is 17.3 Å². The van der Waals surface area contributed by atoms with Crippen LogP contribution in [-0.4, -0.2) is 118 Å². The predicted octanol–water partition coefficient (Wildman–Crippen LogP) is 3.26. The molecule has 1 aromatic rings. The van der Waals surface area contributed by atoms with Gasteiger partial charge in [-0.05, 0) is 54.1 Å². The average molecular weight is 803 g/mol. The third-order valence-electron chi connectivity index (χ3n) is 9.95. The number of likely N-dealkylation sites (tertiary alicyclic amines) is 1. The highest BCUT2D eigenvalue weighted by Crippen LogP contribution is 2.54. The monoisotopic (exact) mass is 802 g/mol. The van der Waals surface area contributed by atoms with Crippen LogP contribution in [0.4, 0.5) is 4.79 Å². The van der Waals surface area contributed by atoms with E-state index in [0.717, 1.165) is 30.8 Å². The van der Waals surface area contributed by atoms with E-state index in [0.29, 0.717) is 12.0 Å². The molecule has 2 saturated heterocycles. The van der Waals surface area contributed by atoms with Crippen LogP contribution in [0.2, 0.25) is 0 Å². The second-order valence-corrected chi connectivity index (χ2v) is 19.9. The van der Waals surface area contributed by atoms with Gasteiger partial charge < -0.3 is 35.8 Å². The molecule has 4 N–H and O–H groups in total. The molecule has 1 aliphatic carbocycles. The van der Waals surface area contributed by atoms with E-state index in [2.05, 4.69) is 21.3 Å². The Kier molecular flexibility index (Phi) is 14.7. The van der Waals surface area contributed by atoms with Gasteiger partial charge in [-0.1, -0.05) is 77.8 Å². The van der Waals surface area contributed by atoms with E-state index in [9.17, 15) is 33.6 Å². The van der Waals surface area contributed by atoms with Crippen LogP contribution in [0.3, 0.4) is 0 Å². The van der Waals surface area contributed by atoms with Gasteiger partial charge in [-0.2, -0.15) is 0 Å². The van der Waals surface area contributed by atoms with E-state index in [4.69, 9.17) is 4.74 Å². The number of ketones is 1. The molecule has 4 atom stereocenters. The summed E-state index contributed by atoms with van der Waals surface area (Å²) in [6.45, 7) is 10.8. The number of nitrogens with zero attached hydrogens (tertiary/aromatic N) is 2. The molecular weight excluding hydrogens is 745 g/mol. The van der Waals surface area contributed by atoms with Gasteiger partial charge in [0.2, 0.25) is 29.4 Å². The summed E-state index contributed by atoms with van der Waals surface area (Å²) in [4.78, 5) is 97.8.